The van der Waals surface area contributed by atoms with Crippen LogP contribution < -0.4 is 136 Å². The van der Waals surface area contributed by atoms with Crippen LogP contribution in [0, 0.1) is 21.6 Å². The fourth-order valence-corrected chi connectivity index (χ4v) is 16.2. The number of rotatable bonds is 46. The van der Waals surface area contributed by atoms with Gasteiger partial charge in [-0.3, -0.25) is 88.8 Å². The Morgan fingerprint density at radius 3 is 1.32 bits per heavy atom. The molecule has 0 bridgehead atoms. The number of nitrogens with one attached hydrogen (secondary N) is 22. The van der Waals surface area contributed by atoms with Crippen LogP contribution in [0.4, 0.5) is 0 Å². The minimum atomic E-state index is -1.92. The summed E-state index contributed by atoms with van der Waals surface area (Å²) in [5, 5.41) is 117. The van der Waals surface area contributed by atoms with Crippen molar-refractivity contribution in [3.63, 3.8) is 0 Å². The molecule has 135 heavy (non-hydrogen) atoms. The van der Waals surface area contributed by atoms with Crippen molar-refractivity contribution >= 4 is 145 Å². The summed E-state index contributed by atoms with van der Waals surface area (Å²) in [6.45, 7) is -0.493. The number of H-pyrrole nitrogens is 1. The molecule has 744 valence electrons. The molecule has 1 aliphatic rings. The number of benzene rings is 3. The third kappa shape index (κ3) is 42.9. The van der Waals surface area contributed by atoms with E-state index in [2.05, 4.69) is 95.4 Å². The Morgan fingerprint density at radius 1 is 0.437 bits per heavy atom. The fourth-order valence-electron chi connectivity index (χ4n) is 13.9. The maximum Gasteiger partial charge on any atom is 0.326 e. The maximum atomic E-state index is 15.9. The number of carboxylic acid groups (broad SMARTS) is 2. The molecule has 13 atom stereocenters. The number of fused-ring (bicyclic) bond motifs is 1. The third-order valence-corrected chi connectivity index (χ3v) is 23.6. The highest BCUT2D eigenvalue weighted by Crippen LogP contribution is 2.26. The van der Waals surface area contributed by atoms with Gasteiger partial charge in [-0.15, -0.1) is 0 Å². The molecule has 13 amide bonds. The predicted molar refractivity (Wildman–Crippen MR) is 505 cm³/mol. The number of carbonyl (C=O) groups is 15. The first-order valence-corrected chi connectivity index (χ1v) is 46.8. The van der Waals surface area contributed by atoms with Crippen molar-refractivity contribution in [2.45, 2.75) is 220 Å². The largest absolute Gasteiger partial charge is 0.508 e. The van der Waals surface area contributed by atoms with Gasteiger partial charge in [0.1, 0.15) is 84.0 Å². The predicted octanol–water partition coefficient (Wildman–Crippen LogP) is -6.35. The Balaban J connectivity index is 1.80. The van der Waals surface area contributed by atoms with E-state index in [1.165, 1.54) is 48.5 Å². The molecule has 5 rings (SSSR count). The molecule has 3 aromatic carbocycles. The molecule has 1 saturated heterocycles. The summed E-state index contributed by atoms with van der Waals surface area (Å²) in [7, 11) is 1.43. The van der Waals surface area contributed by atoms with Crippen molar-refractivity contribution in [1.29, 1.82) is 21.6 Å². The summed E-state index contributed by atoms with van der Waals surface area (Å²) in [6.07, 6.45) is -0.606. The topological polar surface area (TPSA) is 861 Å². The second kappa shape index (κ2) is 60.6. The molecule has 0 unspecified atom stereocenters. The number of phenols is 2. The normalized spacial score (nSPS) is 19.8. The zero-order valence-electron chi connectivity index (χ0n) is 75.0. The molecule has 51 heteroatoms. The highest BCUT2D eigenvalue weighted by molar-refractivity contribution is 8.76. The molecular formula is C84H132N30O19S2. The van der Waals surface area contributed by atoms with E-state index in [1.54, 1.807) is 30.5 Å². The van der Waals surface area contributed by atoms with E-state index in [0.717, 1.165) is 10.8 Å². The summed E-state index contributed by atoms with van der Waals surface area (Å²) >= 11 is 0. The van der Waals surface area contributed by atoms with Crippen molar-refractivity contribution in [3.05, 3.63) is 95.7 Å². The average Bonchev–Trinajstić information content (AvgIpc) is 1.70. The number of phenolic OH excluding ortho intramolecular Hbond substituents is 2. The van der Waals surface area contributed by atoms with Gasteiger partial charge in [0.15, 0.2) is 23.8 Å². The second-order valence-electron chi connectivity index (χ2n) is 32.0. The van der Waals surface area contributed by atoms with Crippen LogP contribution in [0.25, 0.3) is 10.9 Å². The number of aliphatic carboxylic acids is 2. The highest BCUT2D eigenvalue weighted by atomic mass is 33.1. The summed E-state index contributed by atoms with van der Waals surface area (Å²) in [5.74, 6) is -19.9. The Kier molecular flexibility index (Phi) is 50.3. The number of unbranched alkanes of at least 4 members (excludes halogenated alkanes) is 3. The molecule has 1 aromatic heterocycles. The number of hydrogen-bond acceptors (Lipinski definition) is 27. The first-order valence-electron chi connectivity index (χ1n) is 44.3. The van der Waals surface area contributed by atoms with Crippen LogP contribution >= 0.6 is 21.6 Å². The number of carboxylic acids is 2. The number of aromatic hydroxyl groups is 2. The minimum absolute atomic E-state index is 0.0139. The van der Waals surface area contributed by atoms with Crippen molar-refractivity contribution in [3.8, 4) is 11.5 Å². The van der Waals surface area contributed by atoms with Gasteiger partial charge in [-0.05, 0) is 182 Å². The number of amides is 13. The van der Waals surface area contributed by atoms with Crippen LogP contribution in [-0.2, 0) is 91.2 Å². The lowest BCUT2D eigenvalue weighted by molar-refractivity contribution is -0.143. The molecule has 49 nitrogen and oxygen atoms in total. The lowest BCUT2D eigenvalue weighted by Crippen LogP contribution is -2.61. The first kappa shape index (κ1) is 112. The molecule has 0 saturated carbocycles. The van der Waals surface area contributed by atoms with Gasteiger partial charge in [0, 0.05) is 80.5 Å². The first-order chi connectivity index (χ1) is 64.4. The molecule has 0 aliphatic carbocycles. The number of carbonyl (C=O) groups excluding carboxylic acids is 13. The fraction of sp³-hybridized carbons (Fsp3) is 0.536. The van der Waals surface area contributed by atoms with E-state index in [0.29, 0.717) is 45.7 Å². The van der Waals surface area contributed by atoms with E-state index in [9.17, 15) is 58.8 Å². The summed E-state index contributed by atoms with van der Waals surface area (Å²) in [4.78, 5) is 223. The smallest absolute Gasteiger partial charge is 0.326 e. The number of para-hydroxylation sites is 1. The Labute approximate surface area is 787 Å². The molecule has 0 radical (unpaired) electrons. The number of guanidine groups is 4. The lowest BCUT2D eigenvalue weighted by atomic mass is 10.0. The van der Waals surface area contributed by atoms with Gasteiger partial charge in [-0.25, -0.2) is 4.79 Å². The van der Waals surface area contributed by atoms with Crippen LogP contribution in [0.5, 0.6) is 11.5 Å². The van der Waals surface area contributed by atoms with Gasteiger partial charge in [0.05, 0.1) is 12.6 Å². The molecule has 1 aliphatic heterocycles. The van der Waals surface area contributed by atoms with Crippen LogP contribution in [0.3, 0.4) is 0 Å². The number of nitrogens with two attached hydrogens (primary N) is 8. The van der Waals surface area contributed by atoms with Crippen LogP contribution in [0.1, 0.15) is 139 Å². The minimum Gasteiger partial charge on any atom is -0.508 e. The molecule has 4 aromatic rings. The molecular weight excluding hydrogens is 1800 g/mol. The lowest BCUT2D eigenvalue weighted by Gasteiger charge is -2.28. The van der Waals surface area contributed by atoms with Gasteiger partial charge in [0.25, 0.3) is 0 Å². The van der Waals surface area contributed by atoms with Crippen molar-refractivity contribution in [1.82, 2.24) is 95.4 Å². The van der Waals surface area contributed by atoms with Crippen LogP contribution in [-0.4, -0.2) is 280 Å². The number of hydrogen-bond donors (Lipinski definition) is 34. The second-order valence-corrected chi connectivity index (χ2v) is 34.6. The number of aromatic amines is 1. The van der Waals surface area contributed by atoms with Gasteiger partial charge in [0.2, 0.25) is 76.8 Å². The molecule has 0 spiro atoms. The van der Waals surface area contributed by atoms with Gasteiger partial charge in [-0.2, -0.15) is 0 Å². The van der Waals surface area contributed by atoms with Crippen molar-refractivity contribution in [2.75, 3.05) is 63.9 Å². The van der Waals surface area contributed by atoms with E-state index < -0.39 is 222 Å². The quantitative estimate of drug-likeness (QED) is 0.00847. The van der Waals surface area contributed by atoms with Gasteiger partial charge < -0.3 is 162 Å². The summed E-state index contributed by atoms with van der Waals surface area (Å²) in [6, 6.07) is -3.81. The van der Waals surface area contributed by atoms with Crippen molar-refractivity contribution in [2.24, 2.45) is 45.9 Å². The Hall–Kier alpha value is -13.5. The number of aromatic nitrogens is 1. The summed E-state index contributed by atoms with van der Waals surface area (Å²) < 4.78 is 0. The SMILES string of the molecule is N=C(N)NCCC[C@@H]1NC(=O)[C@H](Cc2ccc(O)cc2)NC(=O)CNC(=O)[C@H](CCCCN)NC(=O)[C@H](CCCCN)NC(=O)[C@H](CCCNC(=N)N)NC(=O)[C@H](Cc2ccc(O)cc2)NC(=O)[C@@H](NC(=O)[C@H](Cc2c[nH]c3ccccc23)NC(=O)[C@H](CCCNC(=N)N)NC(=O)[C@@H](N)CCCNC(=N)N)CSSC[C@@H](C(=O)N[C@@H](CCC(=O)O)C(=O)O)NC(=O)[C@H](CCCCN)NC1=O. The zero-order chi connectivity index (χ0) is 99.5. The maximum absolute atomic E-state index is 15.9. The standard InChI is InChI=1S/C84H132N30O19S2/c85-32-6-3-16-54-69(121)102-43-66(117)103-61(39-46-22-26-49(115)27-23-46)75(127)108-58(20-11-37-99-83(93)94)71(123)107-56(18-5-8-34-87)74(126)113-64(78(130)110-60(80(132)133)30-31-67(118)119)44-134-135-45-65(79(131)111-62(40-47-24-28-50(116)29-25-47)76(128)109-59(21-12-38-100-84(95)96)72(124)106-55(70(122)105-54)17-4-7-33-86)114-77(129)63(41-48-42-101-53-15-2-1-13-51(48)53)112-73(125)57(19-10-36-98-82(91)92)104-68(120)52(88)14-9-35-97-81(89)90/h1-2,13,15,22-29,42,52,54-65,101,115-116H,3-12,14,16-21,30-41,43-45,85-88H2,(H,102,121)(H,103,117)(H,104,120)(H,105,122)(H,106,124)(H,107,123)(H,108,127)(H,109,128)(H,110,130)(H,111,131)(H,112,125)(H,113,126)(H,114,129)(H,118,119)(H,132,133)(H4,89,90,97)(H4,91,92,98)(H4,93,94,99)(H4,95,96,100)/t52-,54-,55-,56-,57-,58-,59-,60-,61-,62-,63-,64-,65-/m0/s1. The monoisotopic (exact) mass is 1930 g/mol. The van der Waals surface area contributed by atoms with Gasteiger partial charge >= 0.3 is 11.9 Å². The molecule has 42 N–H and O–H groups in total. The van der Waals surface area contributed by atoms with E-state index in [4.69, 9.17) is 67.5 Å². The molecule has 2 heterocycles. The average molecular weight is 1930 g/mol. The Morgan fingerprint density at radius 2 is 0.852 bits per heavy atom. The third-order valence-electron chi connectivity index (χ3n) is 21.2. The highest BCUT2D eigenvalue weighted by Gasteiger charge is 2.39. The van der Waals surface area contributed by atoms with Crippen LogP contribution in [0.15, 0.2) is 79.0 Å². The summed E-state index contributed by atoms with van der Waals surface area (Å²) in [5.41, 5.74) is 48.0. The molecule has 1 fully saturated rings. The van der Waals surface area contributed by atoms with Crippen LogP contribution in [0.2, 0.25) is 0 Å². The van der Waals surface area contributed by atoms with Crippen molar-refractivity contribution < 1.29 is 92.3 Å². The Bertz CT molecular complexity index is 4630. The van der Waals surface area contributed by atoms with Gasteiger partial charge in [-0.1, -0.05) is 64.1 Å². The van der Waals surface area contributed by atoms with E-state index in [-0.39, 0.29) is 178 Å². The zero-order valence-corrected chi connectivity index (χ0v) is 76.6. The van der Waals surface area contributed by atoms with E-state index >= 15 is 33.6 Å². The van der Waals surface area contributed by atoms with E-state index in [1.807, 2.05) is 0 Å².